The van der Waals surface area contributed by atoms with Gasteiger partial charge in [-0.3, -0.25) is 4.79 Å². The largest absolute Gasteiger partial charge is 0.493 e. The first kappa shape index (κ1) is 20.5. The molecule has 0 bridgehead atoms. The molecular weight excluding hydrogens is 364 g/mol. The summed E-state index contributed by atoms with van der Waals surface area (Å²) >= 11 is 6.13. The summed E-state index contributed by atoms with van der Waals surface area (Å²) in [4.78, 5) is 12.1. The summed E-state index contributed by atoms with van der Waals surface area (Å²) in [6, 6.07) is 7.42. The zero-order valence-electron chi connectivity index (χ0n) is 15.5. The van der Waals surface area contributed by atoms with Gasteiger partial charge in [-0.05, 0) is 50.5 Å². The van der Waals surface area contributed by atoms with Crippen molar-refractivity contribution in [3.8, 4) is 11.8 Å². The second-order valence-electron chi connectivity index (χ2n) is 6.27. The van der Waals surface area contributed by atoms with Crippen LogP contribution in [0.5, 0.6) is 5.75 Å². The molecule has 2 aromatic rings. The van der Waals surface area contributed by atoms with Gasteiger partial charge in [0.2, 0.25) is 0 Å². The number of hydrogen-bond donors (Lipinski definition) is 1. The van der Waals surface area contributed by atoms with E-state index in [9.17, 15) is 4.79 Å². The first-order valence-corrected chi connectivity index (χ1v) is 9.13. The van der Waals surface area contributed by atoms with Gasteiger partial charge in [-0.15, -0.1) is 6.58 Å². The van der Waals surface area contributed by atoms with Crippen LogP contribution >= 0.6 is 11.6 Å². The summed E-state index contributed by atoms with van der Waals surface area (Å²) in [5.41, 5.74) is 1.74. The molecule has 0 saturated heterocycles. The average Bonchev–Trinajstić information content (AvgIpc) is 2.65. The minimum Gasteiger partial charge on any atom is -0.493 e. The third-order valence-corrected chi connectivity index (χ3v) is 4.25. The van der Waals surface area contributed by atoms with Crippen molar-refractivity contribution >= 4 is 17.3 Å². The van der Waals surface area contributed by atoms with Crippen molar-refractivity contribution in [1.29, 1.82) is 5.26 Å². The van der Waals surface area contributed by atoms with E-state index in [-0.39, 0.29) is 16.6 Å². The highest BCUT2D eigenvalue weighted by Gasteiger charge is 2.11. The Bertz CT molecular complexity index is 900. The topological polar surface area (TPSA) is 79.9 Å². The molecule has 27 heavy (non-hydrogen) atoms. The number of hydrogen-bond acceptors (Lipinski definition) is 5. The predicted octanol–water partition coefficient (Wildman–Crippen LogP) is 3.96. The Kier molecular flexibility index (Phi) is 7.44. The number of nitriles is 1. The minimum atomic E-state index is -0.306. The molecule has 0 fully saturated rings. The van der Waals surface area contributed by atoms with Gasteiger partial charge in [0.1, 0.15) is 10.8 Å². The third kappa shape index (κ3) is 5.35. The van der Waals surface area contributed by atoms with Crippen LogP contribution in [0.15, 0.2) is 41.8 Å². The Balaban J connectivity index is 1.90. The Morgan fingerprint density at radius 2 is 2.26 bits per heavy atom. The molecule has 0 aliphatic carbocycles. The van der Waals surface area contributed by atoms with Crippen molar-refractivity contribution in [3.63, 3.8) is 0 Å². The molecule has 0 atom stereocenters. The summed E-state index contributed by atoms with van der Waals surface area (Å²) in [6.45, 7) is 8.55. The SMILES string of the molecule is C=CCc1cc(C#N)ccc1OCCCNc1cnn(C(C)C)c(=O)c1Cl. The average molecular weight is 387 g/mol. The van der Waals surface area contributed by atoms with Crippen LogP contribution in [-0.4, -0.2) is 22.9 Å². The Hall–Kier alpha value is -2.78. The minimum absolute atomic E-state index is 0.0466. The van der Waals surface area contributed by atoms with Crippen molar-refractivity contribution in [1.82, 2.24) is 9.78 Å². The number of anilines is 1. The van der Waals surface area contributed by atoms with Crippen LogP contribution in [0.25, 0.3) is 0 Å². The fourth-order valence-electron chi connectivity index (χ4n) is 2.52. The van der Waals surface area contributed by atoms with Crippen molar-refractivity contribution in [2.45, 2.75) is 32.7 Å². The van der Waals surface area contributed by atoms with E-state index in [0.717, 1.165) is 11.3 Å². The van der Waals surface area contributed by atoms with Gasteiger partial charge in [0.05, 0.1) is 36.2 Å². The molecule has 0 saturated carbocycles. The van der Waals surface area contributed by atoms with Gasteiger partial charge in [-0.25, -0.2) is 4.68 Å². The van der Waals surface area contributed by atoms with E-state index >= 15 is 0 Å². The van der Waals surface area contributed by atoms with Crippen molar-refractivity contribution in [2.75, 3.05) is 18.5 Å². The molecule has 0 spiro atoms. The molecular formula is C20H23ClN4O2. The number of benzene rings is 1. The number of nitrogens with one attached hydrogen (secondary N) is 1. The number of halogens is 1. The fourth-order valence-corrected chi connectivity index (χ4v) is 2.72. The van der Waals surface area contributed by atoms with Crippen LogP contribution in [-0.2, 0) is 6.42 Å². The second kappa shape index (κ2) is 9.79. The van der Waals surface area contributed by atoms with Gasteiger partial charge in [0.15, 0.2) is 0 Å². The monoisotopic (exact) mass is 386 g/mol. The Morgan fingerprint density at radius 3 is 2.93 bits per heavy atom. The summed E-state index contributed by atoms with van der Waals surface area (Å²) in [5.74, 6) is 0.744. The van der Waals surface area contributed by atoms with Crippen LogP contribution in [0.3, 0.4) is 0 Å². The highest BCUT2D eigenvalue weighted by atomic mass is 35.5. The highest BCUT2D eigenvalue weighted by molar-refractivity contribution is 6.32. The molecule has 2 rings (SSSR count). The van der Waals surface area contributed by atoms with E-state index < -0.39 is 0 Å². The summed E-state index contributed by atoms with van der Waals surface area (Å²) in [6.07, 6.45) is 4.68. The first-order chi connectivity index (χ1) is 13.0. The lowest BCUT2D eigenvalue weighted by Gasteiger charge is -2.13. The van der Waals surface area contributed by atoms with Gasteiger partial charge in [-0.2, -0.15) is 10.4 Å². The maximum Gasteiger partial charge on any atom is 0.287 e. The first-order valence-electron chi connectivity index (χ1n) is 8.75. The molecule has 6 nitrogen and oxygen atoms in total. The van der Waals surface area contributed by atoms with E-state index in [1.54, 1.807) is 24.4 Å². The Labute approximate surface area is 164 Å². The maximum atomic E-state index is 12.1. The molecule has 0 radical (unpaired) electrons. The highest BCUT2D eigenvalue weighted by Crippen LogP contribution is 2.21. The molecule has 0 aliphatic heterocycles. The molecule has 0 amide bonds. The lowest BCUT2D eigenvalue weighted by Crippen LogP contribution is -2.26. The molecule has 1 aromatic carbocycles. The van der Waals surface area contributed by atoms with Crippen molar-refractivity contribution in [2.24, 2.45) is 0 Å². The van der Waals surface area contributed by atoms with Crippen LogP contribution in [0.1, 0.15) is 37.4 Å². The van der Waals surface area contributed by atoms with Gasteiger partial charge in [-0.1, -0.05) is 17.7 Å². The number of aromatic nitrogens is 2. The fraction of sp³-hybridized carbons (Fsp3) is 0.350. The normalized spacial score (nSPS) is 10.5. The summed E-state index contributed by atoms with van der Waals surface area (Å²) < 4.78 is 7.17. The zero-order valence-corrected chi connectivity index (χ0v) is 16.3. The Morgan fingerprint density at radius 1 is 1.48 bits per heavy atom. The lowest BCUT2D eigenvalue weighted by molar-refractivity contribution is 0.312. The standard InChI is InChI=1S/C20H23ClN4O2/c1-4-6-16-11-15(12-22)7-8-18(16)27-10-5-9-23-17-13-24-25(14(2)3)20(26)19(17)21/h4,7-8,11,13-14,23H,1,5-6,9-10H2,2-3H3. The molecule has 142 valence electrons. The summed E-state index contributed by atoms with van der Waals surface area (Å²) in [7, 11) is 0. The molecule has 0 unspecified atom stereocenters. The van der Waals surface area contributed by atoms with Gasteiger partial charge in [0, 0.05) is 6.54 Å². The number of ether oxygens (including phenoxy) is 1. The van der Waals surface area contributed by atoms with E-state index in [4.69, 9.17) is 21.6 Å². The van der Waals surface area contributed by atoms with E-state index in [2.05, 4.69) is 23.1 Å². The van der Waals surface area contributed by atoms with Gasteiger partial charge < -0.3 is 10.1 Å². The zero-order chi connectivity index (χ0) is 19.8. The van der Waals surface area contributed by atoms with Crippen LogP contribution in [0, 0.1) is 11.3 Å². The third-order valence-electron chi connectivity index (χ3n) is 3.88. The maximum absolute atomic E-state index is 12.1. The lowest BCUT2D eigenvalue weighted by atomic mass is 10.1. The smallest absolute Gasteiger partial charge is 0.287 e. The van der Waals surface area contributed by atoms with E-state index in [1.165, 1.54) is 4.68 Å². The molecule has 1 aromatic heterocycles. The van der Waals surface area contributed by atoms with Gasteiger partial charge in [0.25, 0.3) is 5.56 Å². The number of allylic oxidation sites excluding steroid dienone is 1. The predicted molar refractivity (Wildman–Crippen MR) is 108 cm³/mol. The number of nitrogens with zero attached hydrogens (tertiary/aromatic N) is 3. The van der Waals surface area contributed by atoms with E-state index in [1.807, 2.05) is 19.9 Å². The van der Waals surface area contributed by atoms with Gasteiger partial charge >= 0.3 is 0 Å². The van der Waals surface area contributed by atoms with Crippen LogP contribution in [0.4, 0.5) is 5.69 Å². The van der Waals surface area contributed by atoms with Crippen molar-refractivity contribution in [3.05, 3.63) is 63.6 Å². The molecule has 1 heterocycles. The molecule has 0 aliphatic rings. The van der Waals surface area contributed by atoms with Crippen LogP contribution < -0.4 is 15.6 Å². The molecule has 1 N–H and O–H groups in total. The molecule has 7 heteroatoms. The number of rotatable bonds is 9. The second-order valence-corrected chi connectivity index (χ2v) is 6.65. The van der Waals surface area contributed by atoms with E-state index in [0.29, 0.717) is 37.2 Å². The quantitative estimate of drug-likeness (QED) is 0.521. The van der Waals surface area contributed by atoms with Crippen molar-refractivity contribution < 1.29 is 4.74 Å². The van der Waals surface area contributed by atoms with Crippen LogP contribution in [0.2, 0.25) is 5.02 Å². The summed E-state index contributed by atoms with van der Waals surface area (Å²) in [5, 5.41) is 16.4.